The van der Waals surface area contributed by atoms with Crippen molar-refractivity contribution < 1.29 is 14.3 Å². The molecule has 1 aromatic heterocycles. The van der Waals surface area contributed by atoms with Crippen LogP contribution in [0.1, 0.15) is 21.5 Å². The number of amides is 1. The summed E-state index contributed by atoms with van der Waals surface area (Å²) in [6, 6.07) is 9.83. The first kappa shape index (κ1) is 22.3. The van der Waals surface area contributed by atoms with Crippen LogP contribution in [0.2, 0.25) is 0 Å². The quantitative estimate of drug-likeness (QED) is 0.583. The van der Waals surface area contributed by atoms with E-state index in [0.29, 0.717) is 36.2 Å². The molecule has 2 aromatic carbocycles. The summed E-state index contributed by atoms with van der Waals surface area (Å²) in [5.41, 5.74) is 3.57. The van der Waals surface area contributed by atoms with Gasteiger partial charge in [0.2, 0.25) is 0 Å². The third kappa shape index (κ3) is 4.53. The van der Waals surface area contributed by atoms with Gasteiger partial charge in [0.15, 0.2) is 16.6 Å². The van der Waals surface area contributed by atoms with E-state index < -0.39 is 0 Å². The molecule has 160 valence electrons. The van der Waals surface area contributed by atoms with Gasteiger partial charge in [-0.25, -0.2) is 4.98 Å². The lowest BCUT2D eigenvalue weighted by atomic mass is 10.0. The van der Waals surface area contributed by atoms with Gasteiger partial charge in [-0.15, -0.1) is 12.4 Å². The molecule has 0 bridgehead atoms. The van der Waals surface area contributed by atoms with E-state index in [0.717, 1.165) is 33.6 Å². The summed E-state index contributed by atoms with van der Waals surface area (Å²) in [5, 5.41) is 0.690. The molecule has 0 atom stereocenters. The molecule has 0 saturated carbocycles. The van der Waals surface area contributed by atoms with Gasteiger partial charge in [-0.2, -0.15) is 0 Å². The molecule has 0 unspecified atom stereocenters. The molecule has 1 aliphatic rings. The second-order valence-electron chi connectivity index (χ2n) is 7.54. The van der Waals surface area contributed by atoms with Crippen molar-refractivity contribution in [1.29, 1.82) is 0 Å². The minimum Gasteiger partial charge on any atom is -0.486 e. The van der Waals surface area contributed by atoms with Crippen molar-refractivity contribution in [2.75, 3.05) is 45.3 Å². The number of hydrogen-bond donors (Lipinski definition) is 0. The maximum atomic E-state index is 13.5. The molecule has 2 heterocycles. The van der Waals surface area contributed by atoms with Crippen LogP contribution in [0.3, 0.4) is 0 Å². The van der Waals surface area contributed by atoms with Gasteiger partial charge in [0.05, 0.1) is 10.2 Å². The molecule has 6 nitrogen and oxygen atoms in total. The fourth-order valence-corrected chi connectivity index (χ4v) is 4.26. The number of carbonyl (C=O) groups excluding carboxylic acids is 1. The van der Waals surface area contributed by atoms with Gasteiger partial charge in [-0.05, 0) is 39.6 Å². The van der Waals surface area contributed by atoms with Gasteiger partial charge >= 0.3 is 0 Å². The number of aryl methyl sites for hydroxylation is 2. The minimum atomic E-state index is -0.0237. The van der Waals surface area contributed by atoms with Crippen molar-refractivity contribution in [3.05, 3.63) is 47.0 Å². The fourth-order valence-electron chi connectivity index (χ4n) is 3.26. The van der Waals surface area contributed by atoms with Gasteiger partial charge in [-0.3, -0.25) is 9.69 Å². The molecule has 0 N–H and O–H groups in total. The summed E-state index contributed by atoms with van der Waals surface area (Å²) in [4.78, 5) is 22.1. The molecule has 0 spiro atoms. The predicted octanol–water partition coefficient (Wildman–Crippen LogP) is 4.31. The molecule has 4 rings (SSSR count). The summed E-state index contributed by atoms with van der Waals surface area (Å²) < 4.78 is 12.4. The Balaban J connectivity index is 0.00000256. The van der Waals surface area contributed by atoms with Crippen LogP contribution in [-0.4, -0.2) is 56.2 Å². The summed E-state index contributed by atoms with van der Waals surface area (Å²) in [6.07, 6.45) is 0. The topological polar surface area (TPSA) is 54.9 Å². The van der Waals surface area contributed by atoms with E-state index in [9.17, 15) is 4.79 Å². The van der Waals surface area contributed by atoms with Crippen molar-refractivity contribution >= 4 is 45.0 Å². The number of nitrogens with zero attached hydrogens (tertiary/aromatic N) is 3. The van der Waals surface area contributed by atoms with Crippen LogP contribution < -0.4 is 14.4 Å². The minimum absolute atomic E-state index is 0. The Kier molecular flexibility index (Phi) is 6.85. The number of likely N-dealkylation sites (N-methyl/N-ethyl adjacent to an activating group) is 1. The average Bonchev–Trinajstić information content (AvgIpc) is 3.10. The van der Waals surface area contributed by atoms with Crippen molar-refractivity contribution in [3.8, 4) is 11.5 Å². The Morgan fingerprint density at radius 1 is 1.07 bits per heavy atom. The highest BCUT2D eigenvalue weighted by Crippen LogP contribution is 2.39. The zero-order valence-corrected chi connectivity index (χ0v) is 19.2. The van der Waals surface area contributed by atoms with Crippen LogP contribution >= 0.6 is 23.7 Å². The van der Waals surface area contributed by atoms with Crippen LogP contribution in [0.5, 0.6) is 11.5 Å². The first-order chi connectivity index (χ1) is 13.9. The molecule has 8 heteroatoms. The smallest absolute Gasteiger partial charge is 0.260 e. The number of aromatic nitrogens is 1. The maximum Gasteiger partial charge on any atom is 0.260 e. The van der Waals surface area contributed by atoms with Gasteiger partial charge in [0, 0.05) is 30.8 Å². The second-order valence-corrected chi connectivity index (χ2v) is 8.55. The molecule has 0 fully saturated rings. The van der Waals surface area contributed by atoms with Crippen molar-refractivity contribution in [1.82, 2.24) is 9.88 Å². The van der Waals surface area contributed by atoms with Crippen LogP contribution in [-0.2, 0) is 0 Å². The first-order valence-corrected chi connectivity index (χ1v) is 10.5. The molecule has 30 heavy (non-hydrogen) atoms. The number of halogens is 1. The molecule has 1 amide bonds. The van der Waals surface area contributed by atoms with Crippen LogP contribution in [0, 0.1) is 13.8 Å². The van der Waals surface area contributed by atoms with E-state index in [2.05, 4.69) is 4.90 Å². The first-order valence-electron chi connectivity index (χ1n) is 9.66. The Labute approximate surface area is 186 Å². The standard InChI is InChI=1S/C22H25N3O3S.ClH/c1-14-5-6-15(2)16(11-14)21(26)25(8-7-24(3)4)22-23-17-12-18-19(13-20(17)29-22)28-10-9-27-18;/h5-6,11-13H,7-10H2,1-4H3;1H. The maximum absolute atomic E-state index is 13.5. The number of ether oxygens (including phenoxy) is 2. The molecule has 3 aromatic rings. The van der Waals surface area contributed by atoms with Crippen molar-refractivity contribution in [2.45, 2.75) is 13.8 Å². The van der Waals surface area contributed by atoms with Gasteiger partial charge in [-0.1, -0.05) is 29.0 Å². The highest BCUT2D eigenvalue weighted by Gasteiger charge is 2.24. The lowest BCUT2D eigenvalue weighted by Gasteiger charge is -2.23. The number of rotatable bonds is 5. The largest absolute Gasteiger partial charge is 0.486 e. The molecular weight excluding hydrogens is 422 g/mol. The molecular formula is C22H26ClN3O3S. The fraction of sp³-hybridized carbons (Fsp3) is 0.364. The molecule has 1 aliphatic heterocycles. The van der Waals surface area contributed by atoms with Gasteiger partial charge in [0.25, 0.3) is 5.91 Å². The van der Waals surface area contributed by atoms with E-state index in [1.165, 1.54) is 11.3 Å². The Bertz CT molecular complexity index is 1020. The molecule has 0 saturated heterocycles. The third-order valence-corrected chi connectivity index (χ3v) is 5.95. The van der Waals surface area contributed by atoms with Gasteiger partial charge < -0.3 is 14.4 Å². The number of anilines is 1. The third-order valence-electron chi connectivity index (χ3n) is 4.91. The summed E-state index contributed by atoms with van der Waals surface area (Å²) in [6.45, 7) is 6.36. The zero-order valence-electron chi connectivity index (χ0n) is 17.6. The Hall–Kier alpha value is -2.35. The van der Waals surface area contributed by atoms with E-state index in [1.807, 2.05) is 58.3 Å². The number of fused-ring (bicyclic) bond motifs is 2. The summed E-state index contributed by atoms with van der Waals surface area (Å²) in [7, 11) is 4.00. The van der Waals surface area contributed by atoms with Crippen molar-refractivity contribution in [2.24, 2.45) is 0 Å². The summed E-state index contributed by atoms with van der Waals surface area (Å²) in [5.74, 6) is 1.42. The van der Waals surface area contributed by atoms with E-state index in [4.69, 9.17) is 14.5 Å². The Morgan fingerprint density at radius 2 is 1.77 bits per heavy atom. The van der Waals surface area contributed by atoms with E-state index in [-0.39, 0.29) is 18.3 Å². The monoisotopic (exact) mass is 447 g/mol. The number of carbonyl (C=O) groups is 1. The lowest BCUT2D eigenvalue weighted by Crippen LogP contribution is -2.37. The lowest BCUT2D eigenvalue weighted by molar-refractivity contribution is 0.0984. The van der Waals surface area contributed by atoms with E-state index >= 15 is 0 Å². The number of benzene rings is 2. The second kappa shape index (κ2) is 9.20. The SMILES string of the molecule is Cc1ccc(C)c(C(=O)N(CCN(C)C)c2nc3cc4c(cc3s2)OCCO4)c1.Cl. The zero-order chi connectivity index (χ0) is 20.5. The van der Waals surface area contributed by atoms with Gasteiger partial charge in [0.1, 0.15) is 13.2 Å². The highest BCUT2D eigenvalue weighted by molar-refractivity contribution is 7.22. The van der Waals surface area contributed by atoms with Crippen LogP contribution in [0.25, 0.3) is 10.2 Å². The molecule has 0 radical (unpaired) electrons. The van der Waals surface area contributed by atoms with E-state index in [1.54, 1.807) is 4.90 Å². The normalized spacial score (nSPS) is 12.7. The van der Waals surface area contributed by atoms with Crippen molar-refractivity contribution in [3.63, 3.8) is 0 Å². The highest BCUT2D eigenvalue weighted by atomic mass is 35.5. The Morgan fingerprint density at radius 3 is 2.47 bits per heavy atom. The predicted molar refractivity (Wildman–Crippen MR) is 124 cm³/mol. The molecule has 0 aliphatic carbocycles. The summed E-state index contributed by atoms with van der Waals surface area (Å²) >= 11 is 1.50. The average molecular weight is 448 g/mol. The number of thiazole rings is 1. The number of hydrogen-bond acceptors (Lipinski definition) is 6. The van der Waals surface area contributed by atoms with Crippen LogP contribution in [0.4, 0.5) is 5.13 Å². The van der Waals surface area contributed by atoms with Crippen LogP contribution in [0.15, 0.2) is 30.3 Å².